The molecule has 5 N–H and O–H groups in total. The van der Waals surface area contributed by atoms with Crippen molar-refractivity contribution < 1.29 is 23.4 Å². The van der Waals surface area contributed by atoms with Gasteiger partial charge in [-0.3, -0.25) is 9.52 Å². The van der Waals surface area contributed by atoms with E-state index in [1.807, 2.05) is 93.3 Å². The van der Waals surface area contributed by atoms with Gasteiger partial charge in [0, 0.05) is 115 Å². The van der Waals surface area contributed by atoms with Crippen molar-refractivity contribution in [2.45, 2.75) is 86.5 Å². The lowest BCUT2D eigenvalue weighted by Crippen LogP contribution is -2.53. The Labute approximate surface area is 428 Å². The fourth-order valence-electron chi connectivity index (χ4n) is 10.3. The SMILES string of the molecule is Cc1cc(S(=O)(=O)Nc2ccc(N3CCN(c4cccc(-c5c(C(=O)NC6CC(C)(O)C6)c(C)n(C)c5-c5ccc(Cl)cc5)c4)CC3)cc2)ccc1N[C@H](CCN1CCC(O)CC1)CSc1ccccc1. The van der Waals surface area contributed by atoms with E-state index in [2.05, 4.69) is 83.2 Å². The number of hydrogen-bond acceptors (Lipinski definition) is 10. The molecule has 6 aromatic rings. The lowest BCUT2D eigenvalue weighted by Gasteiger charge is -2.41. The number of piperazine rings is 1. The van der Waals surface area contributed by atoms with E-state index in [1.165, 1.54) is 4.90 Å². The van der Waals surface area contributed by atoms with Gasteiger partial charge in [-0.05, 0) is 148 Å². The van der Waals surface area contributed by atoms with Crippen LogP contribution in [0.1, 0.15) is 60.6 Å². The van der Waals surface area contributed by atoms with Crippen molar-refractivity contribution in [3.05, 3.63) is 143 Å². The summed E-state index contributed by atoms with van der Waals surface area (Å²) in [5.41, 5.74) is 8.74. The molecule has 374 valence electrons. The highest BCUT2D eigenvalue weighted by Crippen LogP contribution is 2.41. The molecule has 1 saturated carbocycles. The Morgan fingerprint density at radius 2 is 1.49 bits per heavy atom. The van der Waals surface area contributed by atoms with Gasteiger partial charge in [-0.25, -0.2) is 8.42 Å². The Morgan fingerprint density at radius 3 is 2.15 bits per heavy atom. The summed E-state index contributed by atoms with van der Waals surface area (Å²) in [4.78, 5) is 22.6. The summed E-state index contributed by atoms with van der Waals surface area (Å²) in [6.07, 6.45) is 3.38. The van der Waals surface area contributed by atoms with Crippen LogP contribution in [-0.2, 0) is 17.1 Å². The van der Waals surface area contributed by atoms with Crippen LogP contribution in [0, 0.1) is 13.8 Å². The van der Waals surface area contributed by atoms with Crippen molar-refractivity contribution in [2.24, 2.45) is 7.05 Å². The molecule has 15 heteroatoms. The third kappa shape index (κ3) is 12.1. The van der Waals surface area contributed by atoms with E-state index < -0.39 is 15.6 Å². The van der Waals surface area contributed by atoms with Gasteiger partial charge in [0.15, 0.2) is 0 Å². The summed E-state index contributed by atoms with van der Waals surface area (Å²) < 4.78 is 32.4. The average Bonchev–Trinajstić information content (AvgIpc) is 3.62. The molecule has 0 spiro atoms. The molecule has 0 bridgehead atoms. The van der Waals surface area contributed by atoms with Crippen LogP contribution in [0.3, 0.4) is 0 Å². The van der Waals surface area contributed by atoms with Crippen LogP contribution in [0.4, 0.5) is 22.7 Å². The smallest absolute Gasteiger partial charge is 0.261 e. The molecule has 9 rings (SSSR count). The van der Waals surface area contributed by atoms with Gasteiger partial charge in [0.1, 0.15) is 0 Å². The number of carbonyl (C=O) groups is 1. The fraction of sp³-hybridized carbons (Fsp3) is 0.375. The molecule has 1 aliphatic carbocycles. The molecular formula is C56H66ClN7O5S2. The minimum atomic E-state index is -3.86. The van der Waals surface area contributed by atoms with E-state index >= 15 is 0 Å². The molecule has 1 atom stereocenters. The molecule has 0 unspecified atom stereocenters. The van der Waals surface area contributed by atoms with Crippen LogP contribution in [-0.4, -0.2) is 109 Å². The molecule has 3 heterocycles. The Balaban J connectivity index is 0.838. The minimum Gasteiger partial charge on any atom is -0.393 e. The van der Waals surface area contributed by atoms with E-state index in [4.69, 9.17) is 11.6 Å². The third-order valence-corrected chi connectivity index (χ3v) is 17.2. The summed E-state index contributed by atoms with van der Waals surface area (Å²) in [6, 6.07) is 39.5. The van der Waals surface area contributed by atoms with Crippen molar-refractivity contribution in [3.63, 3.8) is 0 Å². The van der Waals surface area contributed by atoms with Crippen LogP contribution in [0.15, 0.2) is 131 Å². The zero-order valence-electron chi connectivity index (χ0n) is 41.1. The number of anilines is 4. The number of nitrogens with zero attached hydrogens (tertiary/aromatic N) is 4. The van der Waals surface area contributed by atoms with Crippen molar-refractivity contribution in [1.29, 1.82) is 0 Å². The highest BCUT2D eigenvalue weighted by Gasteiger charge is 2.40. The first kappa shape index (κ1) is 50.5. The summed E-state index contributed by atoms with van der Waals surface area (Å²) in [7, 11) is -1.87. The second-order valence-corrected chi connectivity index (χ2v) is 23.0. The van der Waals surface area contributed by atoms with E-state index in [9.17, 15) is 23.4 Å². The highest BCUT2D eigenvalue weighted by molar-refractivity contribution is 7.99. The maximum absolute atomic E-state index is 14.1. The number of benzene rings is 5. The number of halogens is 1. The van der Waals surface area contributed by atoms with Gasteiger partial charge in [0.2, 0.25) is 0 Å². The molecule has 3 aliphatic rings. The number of carbonyl (C=O) groups excluding carboxylic acids is 1. The maximum atomic E-state index is 14.1. The molecule has 0 radical (unpaired) electrons. The molecule has 12 nitrogen and oxygen atoms in total. The van der Waals surface area contributed by atoms with Crippen LogP contribution < -0.4 is 25.2 Å². The Kier molecular flexibility index (Phi) is 15.4. The van der Waals surface area contributed by atoms with Gasteiger partial charge in [0.25, 0.3) is 15.9 Å². The Bertz CT molecular complexity index is 2910. The van der Waals surface area contributed by atoms with E-state index in [-0.39, 0.29) is 29.0 Å². The Morgan fingerprint density at radius 1 is 0.817 bits per heavy atom. The number of sulfonamides is 1. The van der Waals surface area contributed by atoms with Crippen LogP contribution in [0.25, 0.3) is 22.4 Å². The number of aliphatic hydroxyl groups is 2. The van der Waals surface area contributed by atoms with E-state index in [0.29, 0.717) is 29.1 Å². The van der Waals surface area contributed by atoms with Crippen molar-refractivity contribution in [1.82, 2.24) is 14.8 Å². The molecule has 5 aromatic carbocycles. The molecular weight excluding hydrogens is 950 g/mol. The van der Waals surface area contributed by atoms with Crippen LogP contribution in [0.5, 0.6) is 0 Å². The molecule has 2 saturated heterocycles. The van der Waals surface area contributed by atoms with Gasteiger partial charge < -0.3 is 40.1 Å². The zero-order valence-corrected chi connectivity index (χ0v) is 43.5. The van der Waals surface area contributed by atoms with Crippen molar-refractivity contribution in [2.75, 3.05) is 71.4 Å². The predicted molar refractivity (Wildman–Crippen MR) is 291 cm³/mol. The van der Waals surface area contributed by atoms with E-state index in [0.717, 1.165) is 122 Å². The molecule has 2 aliphatic heterocycles. The average molecular weight is 1020 g/mol. The fourth-order valence-corrected chi connectivity index (χ4v) is 12.5. The first-order valence-corrected chi connectivity index (χ1v) is 27.6. The number of amides is 1. The number of likely N-dealkylation sites (tertiary alicyclic amines) is 1. The van der Waals surface area contributed by atoms with Gasteiger partial charge >= 0.3 is 0 Å². The second-order valence-electron chi connectivity index (χ2n) is 19.8. The maximum Gasteiger partial charge on any atom is 0.261 e. The zero-order chi connectivity index (χ0) is 49.9. The molecule has 1 amide bonds. The van der Waals surface area contributed by atoms with Gasteiger partial charge in [-0.1, -0.05) is 54.1 Å². The van der Waals surface area contributed by atoms with E-state index in [1.54, 1.807) is 19.1 Å². The lowest BCUT2D eigenvalue weighted by molar-refractivity contribution is -0.0367. The number of aromatic nitrogens is 1. The summed E-state index contributed by atoms with van der Waals surface area (Å²) in [5.74, 6) is 0.713. The molecule has 71 heavy (non-hydrogen) atoms. The number of rotatable bonds is 17. The third-order valence-electron chi connectivity index (χ3n) is 14.4. The van der Waals surface area contributed by atoms with Gasteiger partial charge in [-0.15, -0.1) is 11.8 Å². The monoisotopic (exact) mass is 1020 g/mol. The van der Waals surface area contributed by atoms with Crippen molar-refractivity contribution in [3.8, 4) is 22.4 Å². The van der Waals surface area contributed by atoms with Gasteiger partial charge in [0.05, 0.1) is 27.9 Å². The quantitative estimate of drug-likeness (QED) is 0.0561. The second kappa shape index (κ2) is 21.7. The minimum absolute atomic E-state index is 0.0875. The van der Waals surface area contributed by atoms with Crippen molar-refractivity contribution >= 4 is 62.0 Å². The Hall–Kier alpha value is -5.48. The number of piperidine rings is 1. The largest absolute Gasteiger partial charge is 0.393 e. The number of aliphatic hydroxyl groups excluding tert-OH is 1. The topological polar surface area (TPSA) is 142 Å². The van der Waals surface area contributed by atoms with Crippen LogP contribution >= 0.6 is 23.4 Å². The number of nitrogens with one attached hydrogen (secondary N) is 3. The summed E-state index contributed by atoms with van der Waals surface area (Å²) >= 11 is 8.13. The predicted octanol–water partition coefficient (Wildman–Crippen LogP) is 9.82. The van der Waals surface area contributed by atoms with Crippen LogP contribution in [0.2, 0.25) is 5.02 Å². The number of aryl methyl sites for hydroxylation is 1. The number of thioether (sulfide) groups is 1. The lowest BCUT2D eigenvalue weighted by atomic mass is 9.77. The molecule has 3 fully saturated rings. The first-order chi connectivity index (χ1) is 34.1. The summed E-state index contributed by atoms with van der Waals surface area (Å²) in [5, 5.41) is 28.0. The first-order valence-electron chi connectivity index (χ1n) is 24.8. The normalized spacial score (nSPS) is 19.3. The number of hydrogen-bond donors (Lipinski definition) is 5. The summed E-state index contributed by atoms with van der Waals surface area (Å²) in [6.45, 7) is 11.5. The standard InChI is InChI=1S/C56H66ClN7O5S2/c1-38-33-50(21-22-51(38)58-44(37-70-49-11-6-5-7-12-49)23-26-62-27-24-48(65)25-28-62)71(68,69)60-43-17-19-46(20-18-43)63-29-31-64(32-30-63)47-10-8-9-41(34-47)53-52(55(66)59-45-35-56(3,67)36-45)39(2)61(4)54(53)40-13-15-42(57)16-14-40/h5-22,33-34,44-45,48,58,60,65,67H,23-32,35-37H2,1-4H3,(H,59,66)/t44-,45?,56?/m1/s1. The highest BCUT2D eigenvalue weighted by atomic mass is 35.5. The van der Waals surface area contributed by atoms with Gasteiger partial charge in [-0.2, -0.15) is 0 Å². The molecule has 1 aromatic heterocycles.